The van der Waals surface area contributed by atoms with Crippen LogP contribution in [0.1, 0.15) is 53.2 Å². The third-order valence-electron chi connectivity index (χ3n) is 6.22. The summed E-state index contributed by atoms with van der Waals surface area (Å²) in [6, 6.07) is 3.14. The number of halogens is 4. The van der Waals surface area contributed by atoms with Crippen LogP contribution in [-0.2, 0) is 4.79 Å². The van der Waals surface area contributed by atoms with Crippen LogP contribution in [-0.4, -0.2) is 26.7 Å². The fourth-order valence-electron chi connectivity index (χ4n) is 4.36. The van der Waals surface area contributed by atoms with Crippen molar-refractivity contribution in [2.24, 2.45) is 5.92 Å². The van der Waals surface area contributed by atoms with Gasteiger partial charge in [0, 0.05) is 22.7 Å². The minimum Gasteiger partial charge on any atom is -0.503 e. The summed E-state index contributed by atoms with van der Waals surface area (Å²) in [5, 5.41) is 19.3. The van der Waals surface area contributed by atoms with Crippen molar-refractivity contribution in [2.45, 2.75) is 38.5 Å². The van der Waals surface area contributed by atoms with Gasteiger partial charge in [-0.25, -0.2) is 17.6 Å². The molecule has 1 heterocycles. The summed E-state index contributed by atoms with van der Waals surface area (Å²) in [5.41, 5.74) is -0.636. The molecule has 2 N–H and O–H groups in total. The van der Waals surface area contributed by atoms with Gasteiger partial charge >= 0.3 is 5.97 Å². The fourth-order valence-corrected chi connectivity index (χ4v) is 4.36. The lowest BCUT2D eigenvalue weighted by Gasteiger charge is -2.28. The van der Waals surface area contributed by atoms with E-state index in [0.29, 0.717) is 6.07 Å². The second kappa shape index (κ2) is 7.96. The van der Waals surface area contributed by atoms with Gasteiger partial charge in [-0.05, 0) is 43.0 Å². The third-order valence-corrected chi connectivity index (χ3v) is 6.22. The molecule has 168 valence electrons. The Hall–Kier alpha value is -3.36. The minimum absolute atomic E-state index is 0.0188. The molecule has 1 fully saturated rings. The second-order valence-corrected chi connectivity index (χ2v) is 8.11. The van der Waals surface area contributed by atoms with Crippen LogP contribution in [0, 0.1) is 36.1 Å². The molecule has 1 aromatic heterocycles. The monoisotopic (exact) mass is 449 g/mol. The highest BCUT2D eigenvalue weighted by atomic mass is 19.2. The van der Waals surface area contributed by atoms with Crippen molar-refractivity contribution in [3.63, 3.8) is 0 Å². The van der Waals surface area contributed by atoms with Crippen LogP contribution in [0.5, 0.6) is 5.75 Å². The molecule has 0 unspecified atom stereocenters. The van der Waals surface area contributed by atoms with Crippen molar-refractivity contribution in [1.29, 1.82) is 0 Å². The molecule has 0 saturated heterocycles. The summed E-state index contributed by atoms with van der Waals surface area (Å²) in [6.45, 7) is 1.37. The maximum atomic E-state index is 15.0. The normalized spacial score (nSPS) is 15.0. The number of carboxylic acid groups (broad SMARTS) is 1. The Bertz CT molecular complexity index is 1260. The molecule has 0 bridgehead atoms. The van der Waals surface area contributed by atoms with E-state index in [-0.39, 0.29) is 40.1 Å². The SMILES string of the molecule is Cc1c([C@H](CC2CCC2)C(=O)O)c2c(F)c(O)c(F)cc2n1C(=O)c1ccc(F)c(F)c1. The van der Waals surface area contributed by atoms with Gasteiger partial charge in [0.05, 0.1) is 11.4 Å². The molecule has 3 aromatic rings. The standard InChI is InChI=1S/C23H19F4NO4/c1-10-18(13(23(31)32)7-11-3-2-4-11)19-17(9-16(26)21(29)20(19)27)28(10)22(30)12-5-6-14(24)15(25)8-12/h5-6,8-9,11,13,29H,2-4,7H2,1H3,(H,31,32)/t13-/m0/s1. The van der Waals surface area contributed by atoms with Crippen LogP contribution in [0.2, 0.25) is 0 Å². The Morgan fingerprint density at radius 3 is 2.34 bits per heavy atom. The first kappa shape index (κ1) is 21.9. The maximum absolute atomic E-state index is 15.0. The molecule has 2 aromatic carbocycles. The second-order valence-electron chi connectivity index (χ2n) is 8.11. The lowest BCUT2D eigenvalue weighted by atomic mass is 9.76. The number of benzene rings is 2. The number of aromatic nitrogens is 1. The summed E-state index contributed by atoms with van der Waals surface area (Å²) in [5.74, 6) is -9.74. The highest BCUT2D eigenvalue weighted by Gasteiger charge is 2.35. The summed E-state index contributed by atoms with van der Waals surface area (Å²) in [6.07, 6.45) is 2.77. The van der Waals surface area contributed by atoms with Crippen LogP contribution < -0.4 is 0 Å². The van der Waals surface area contributed by atoms with Crippen LogP contribution in [0.25, 0.3) is 10.9 Å². The molecular weight excluding hydrogens is 430 g/mol. The number of carbonyl (C=O) groups is 2. The number of carboxylic acids is 1. The van der Waals surface area contributed by atoms with Gasteiger partial charge in [0.25, 0.3) is 5.91 Å². The minimum atomic E-state index is -1.38. The van der Waals surface area contributed by atoms with Crippen LogP contribution in [0.3, 0.4) is 0 Å². The average Bonchev–Trinajstić information content (AvgIpc) is 2.98. The summed E-state index contributed by atoms with van der Waals surface area (Å²) >= 11 is 0. The van der Waals surface area contributed by atoms with Gasteiger partial charge in [-0.1, -0.05) is 19.3 Å². The first-order chi connectivity index (χ1) is 15.1. The van der Waals surface area contributed by atoms with E-state index >= 15 is 4.39 Å². The Morgan fingerprint density at radius 1 is 1.09 bits per heavy atom. The Balaban J connectivity index is 1.99. The first-order valence-corrected chi connectivity index (χ1v) is 10.1. The number of hydrogen-bond donors (Lipinski definition) is 2. The predicted molar refractivity (Wildman–Crippen MR) is 107 cm³/mol. The van der Waals surface area contributed by atoms with Gasteiger partial charge < -0.3 is 10.2 Å². The van der Waals surface area contributed by atoms with Gasteiger partial charge in [-0.15, -0.1) is 0 Å². The number of phenols is 1. The lowest BCUT2D eigenvalue weighted by Crippen LogP contribution is -2.21. The van der Waals surface area contributed by atoms with Gasteiger partial charge in [0.2, 0.25) is 0 Å². The molecule has 0 aliphatic heterocycles. The van der Waals surface area contributed by atoms with Crippen molar-refractivity contribution in [2.75, 3.05) is 0 Å². The molecule has 0 spiro atoms. The van der Waals surface area contributed by atoms with E-state index in [4.69, 9.17) is 0 Å². The summed E-state index contributed by atoms with van der Waals surface area (Å²) < 4.78 is 57.1. The van der Waals surface area contributed by atoms with Crippen molar-refractivity contribution in [1.82, 2.24) is 4.57 Å². The maximum Gasteiger partial charge on any atom is 0.311 e. The van der Waals surface area contributed by atoms with Crippen molar-refractivity contribution >= 4 is 22.8 Å². The molecule has 1 aliphatic rings. The molecule has 9 heteroatoms. The largest absolute Gasteiger partial charge is 0.503 e. The zero-order chi connectivity index (χ0) is 23.3. The van der Waals surface area contributed by atoms with E-state index in [2.05, 4.69) is 0 Å². The molecule has 1 saturated carbocycles. The lowest BCUT2D eigenvalue weighted by molar-refractivity contribution is -0.139. The highest BCUT2D eigenvalue weighted by Crippen LogP contribution is 2.43. The quantitative estimate of drug-likeness (QED) is 0.521. The molecule has 32 heavy (non-hydrogen) atoms. The number of hydrogen-bond acceptors (Lipinski definition) is 3. The number of aromatic hydroxyl groups is 1. The summed E-state index contributed by atoms with van der Waals surface area (Å²) in [4.78, 5) is 25.3. The number of nitrogens with zero attached hydrogens (tertiary/aromatic N) is 1. The smallest absolute Gasteiger partial charge is 0.311 e. The fraction of sp³-hybridized carbons (Fsp3) is 0.304. The molecule has 5 nitrogen and oxygen atoms in total. The van der Waals surface area contributed by atoms with E-state index in [1.165, 1.54) is 6.92 Å². The number of fused-ring (bicyclic) bond motifs is 1. The van der Waals surface area contributed by atoms with Gasteiger partial charge in [-0.2, -0.15) is 0 Å². The number of aliphatic carboxylic acids is 1. The number of carbonyl (C=O) groups excluding carboxylic acids is 1. The average molecular weight is 449 g/mol. The zero-order valence-electron chi connectivity index (χ0n) is 17.0. The third kappa shape index (κ3) is 3.41. The van der Waals surface area contributed by atoms with Gasteiger partial charge in [0.15, 0.2) is 29.0 Å². The van der Waals surface area contributed by atoms with Crippen molar-refractivity contribution < 1.29 is 37.4 Å². The zero-order valence-corrected chi connectivity index (χ0v) is 17.0. The van der Waals surface area contributed by atoms with E-state index in [9.17, 15) is 33.0 Å². The first-order valence-electron chi connectivity index (χ1n) is 10.1. The van der Waals surface area contributed by atoms with Gasteiger partial charge in [-0.3, -0.25) is 14.2 Å². The molecular formula is C23H19F4NO4. The molecule has 0 radical (unpaired) electrons. The molecule has 1 atom stereocenters. The predicted octanol–water partition coefficient (Wildman–Crippen LogP) is 5.26. The molecule has 4 rings (SSSR count). The van der Waals surface area contributed by atoms with E-state index < -0.39 is 46.8 Å². The molecule has 1 aliphatic carbocycles. The topological polar surface area (TPSA) is 79.5 Å². The Labute approximate surface area is 179 Å². The van der Waals surface area contributed by atoms with Crippen molar-refractivity contribution in [3.05, 3.63) is 64.4 Å². The number of rotatable bonds is 5. The number of phenolic OH excluding ortho intramolecular Hbond substituents is 1. The van der Waals surface area contributed by atoms with E-state index in [0.717, 1.165) is 42.0 Å². The van der Waals surface area contributed by atoms with Crippen LogP contribution in [0.4, 0.5) is 17.6 Å². The Kier molecular flexibility index (Phi) is 5.44. The van der Waals surface area contributed by atoms with E-state index in [1.54, 1.807) is 0 Å². The van der Waals surface area contributed by atoms with Gasteiger partial charge in [0.1, 0.15) is 0 Å². The van der Waals surface area contributed by atoms with Crippen LogP contribution in [0.15, 0.2) is 24.3 Å². The van der Waals surface area contributed by atoms with E-state index in [1.807, 2.05) is 0 Å². The van der Waals surface area contributed by atoms with Crippen LogP contribution >= 0.6 is 0 Å². The summed E-state index contributed by atoms with van der Waals surface area (Å²) in [7, 11) is 0. The molecule has 0 amide bonds. The van der Waals surface area contributed by atoms with Crippen molar-refractivity contribution in [3.8, 4) is 5.75 Å². The highest BCUT2D eigenvalue weighted by molar-refractivity contribution is 6.05. The Morgan fingerprint density at radius 2 is 1.78 bits per heavy atom.